The summed E-state index contributed by atoms with van der Waals surface area (Å²) in [4.78, 5) is 3.79. The molecule has 0 amide bonds. The monoisotopic (exact) mass is 309 g/mol. The Kier molecular flexibility index (Phi) is 4.37. The summed E-state index contributed by atoms with van der Waals surface area (Å²) in [5, 5.41) is 2.14. The molecule has 1 heterocycles. The summed E-state index contributed by atoms with van der Waals surface area (Å²) in [5.41, 5.74) is 1.35. The smallest absolute Gasteiger partial charge is 0.0413 e. The van der Waals surface area contributed by atoms with E-state index in [9.17, 15) is 0 Å². The zero-order chi connectivity index (χ0) is 12.3. The number of hydrogen-bond donors (Lipinski definition) is 0. The van der Waals surface area contributed by atoms with Gasteiger partial charge in [-0.05, 0) is 43.1 Å². The van der Waals surface area contributed by atoms with Crippen LogP contribution in [0.25, 0.3) is 0 Å². The van der Waals surface area contributed by atoms with Gasteiger partial charge in [-0.15, -0.1) is 11.3 Å². The predicted molar refractivity (Wildman–Crippen MR) is 78.3 cm³/mol. The van der Waals surface area contributed by atoms with Crippen molar-refractivity contribution in [2.24, 2.45) is 0 Å². The first-order valence-electron chi connectivity index (χ1n) is 5.65. The van der Waals surface area contributed by atoms with E-state index in [1.807, 2.05) is 11.3 Å². The van der Waals surface area contributed by atoms with E-state index in [1.54, 1.807) is 0 Å². The van der Waals surface area contributed by atoms with Gasteiger partial charge in [0.1, 0.15) is 0 Å². The summed E-state index contributed by atoms with van der Waals surface area (Å²) in [5.74, 6) is 0. The Morgan fingerprint density at radius 1 is 1.24 bits per heavy atom. The van der Waals surface area contributed by atoms with E-state index in [0.717, 1.165) is 11.0 Å². The number of nitrogens with zero attached hydrogens (tertiary/aromatic N) is 1. The molecule has 0 aliphatic rings. The van der Waals surface area contributed by atoms with Crippen LogP contribution in [0.1, 0.15) is 23.4 Å². The topological polar surface area (TPSA) is 3.24 Å². The summed E-state index contributed by atoms with van der Waals surface area (Å²) >= 11 is 5.28. The van der Waals surface area contributed by atoms with E-state index in [-0.39, 0.29) is 0 Å². The van der Waals surface area contributed by atoms with Gasteiger partial charge in [-0.2, -0.15) is 0 Å². The molecule has 0 spiro atoms. The molecule has 3 heteroatoms. The molecular weight excluding hydrogens is 294 g/mol. The molecule has 1 aromatic heterocycles. The molecule has 1 nitrogen and oxygen atoms in total. The number of rotatable bonds is 4. The molecule has 17 heavy (non-hydrogen) atoms. The van der Waals surface area contributed by atoms with Gasteiger partial charge in [0.05, 0.1) is 0 Å². The van der Waals surface area contributed by atoms with Crippen molar-refractivity contribution in [1.29, 1.82) is 0 Å². The van der Waals surface area contributed by atoms with Crippen molar-refractivity contribution in [2.45, 2.75) is 19.5 Å². The van der Waals surface area contributed by atoms with Crippen LogP contribution in [0.4, 0.5) is 0 Å². The van der Waals surface area contributed by atoms with Crippen molar-refractivity contribution in [2.75, 3.05) is 7.05 Å². The van der Waals surface area contributed by atoms with Crippen LogP contribution in [0.15, 0.2) is 46.3 Å². The van der Waals surface area contributed by atoms with E-state index in [2.05, 4.69) is 76.6 Å². The third-order valence-electron chi connectivity index (χ3n) is 2.96. The molecule has 0 saturated heterocycles. The molecule has 0 aliphatic carbocycles. The lowest BCUT2D eigenvalue weighted by atomic mass is 10.2. The third-order valence-corrected chi connectivity index (χ3v) is 4.53. The van der Waals surface area contributed by atoms with Gasteiger partial charge >= 0.3 is 0 Å². The Morgan fingerprint density at radius 2 is 1.94 bits per heavy atom. The van der Waals surface area contributed by atoms with Gasteiger partial charge in [0.2, 0.25) is 0 Å². The van der Waals surface area contributed by atoms with E-state index < -0.39 is 0 Å². The number of thiophene rings is 1. The van der Waals surface area contributed by atoms with Crippen molar-refractivity contribution in [1.82, 2.24) is 4.90 Å². The molecule has 1 atom stereocenters. The van der Waals surface area contributed by atoms with Gasteiger partial charge in [-0.3, -0.25) is 4.90 Å². The number of hydrogen-bond acceptors (Lipinski definition) is 2. The standard InChI is InChI=1S/C14H16BrNS/c1-11(14-4-3-9-17-14)16(2)10-12-5-7-13(15)8-6-12/h3-9,11H,10H2,1-2H3. The molecule has 1 unspecified atom stereocenters. The highest BCUT2D eigenvalue weighted by Gasteiger charge is 2.12. The van der Waals surface area contributed by atoms with Crippen LogP contribution in [0.2, 0.25) is 0 Å². The lowest BCUT2D eigenvalue weighted by Gasteiger charge is -2.23. The maximum Gasteiger partial charge on any atom is 0.0413 e. The fourth-order valence-electron chi connectivity index (χ4n) is 1.76. The maximum atomic E-state index is 3.46. The van der Waals surface area contributed by atoms with E-state index in [1.165, 1.54) is 10.4 Å². The largest absolute Gasteiger partial charge is 0.295 e. The van der Waals surface area contributed by atoms with E-state index in [4.69, 9.17) is 0 Å². The normalized spacial score (nSPS) is 12.9. The van der Waals surface area contributed by atoms with Crippen molar-refractivity contribution in [3.8, 4) is 0 Å². The molecule has 0 fully saturated rings. The minimum absolute atomic E-state index is 0.471. The Morgan fingerprint density at radius 3 is 2.53 bits per heavy atom. The average molecular weight is 310 g/mol. The molecule has 90 valence electrons. The van der Waals surface area contributed by atoms with E-state index >= 15 is 0 Å². The second-order valence-corrected chi connectivity index (χ2v) is 6.13. The van der Waals surface area contributed by atoms with Gasteiger partial charge in [-0.1, -0.05) is 34.1 Å². The fraction of sp³-hybridized carbons (Fsp3) is 0.286. The third kappa shape index (κ3) is 3.41. The first-order chi connectivity index (χ1) is 8.16. The molecule has 1 aromatic carbocycles. The Labute approximate surface area is 115 Å². The van der Waals surface area contributed by atoms with Crippen LogP contribution in [0.5, 0.6) is 0 Å². The fourth-order valence-corrected chi connectivity index (χ4v) is 2.87. The summed E-state index contributed by atoms with van der Waals surface area (Å²) < 4.78 is 1.13. The first-order valence-corrected chi connectivity index (χ1v) is 7.32. The second kappa shape index (κ2) is 5.80. The maximum absolute atomic E-state index is 3.46. The van der Waals surface area contributed by atoms with Crippen LogP contribution in [-0.2, 0) is 6.54 Å². The SMILES string of the molecule is CC(c1cccs1)N(C)Cc1ccc(Br)cc1. The highest BCUT2D eigenvalue weighted by Crippen LogP contribution is 2.24. The number of benzene rings is 1. The molecule has 0 saturated carbocycles. The van der Waals surface area contributed by atoms with Crippen molar-refractivity contribution in [3.05, 3.63) is 56.7 Å². The molecule has 0 aliphatic heterocycles. The van der Waals surface area contributed by atoms with E-state index in [0.29, 0.717) is 6.04 Å². The molecule has 2 aromatic rings. The zero-order valence-corrected chi connectivity index (χ0v) is 12.5. The number of halogens is 1. The lowest BCUT2D eigenvalue weighted by molar-refractivity contribution is 0.256. The van der Waals surface area contributed by atoms with Crippen LogP contribution in [0.3, 0.4) is 0 Å². The van der Waals surface area contributed by atoms with Gasteiger partial charge < -0.3 is 0 Å². The highest BCUT2D eigenvalue weighted by molar-refractivity contribution is 9.10. The van der Waals surface area contributed by atoms with Crippen molar-refractivity contribution < 1.29 is 0 Å². The molecule has 2 rings (SSSR count). The molecule has 0 radical (unpaired) electrons. The summed E-state index contributed by atoms with van der Waals surface area (Å²) in [7, 11) is 2.17. The van der Waals surface area contributed by atoms with Crippen LogP contribution >= 0.6 is 27.3 Å². The highest BCUT2D eigenvalue weighted by atomic mass is 79.9. The summed E-state index contributed by atoms with van der Waals surface area (Å²) in [6.45, 7) is 3.23. The molecule has 0 bridgehead atoms. The first kappa shape index (κ1) is 12.8. The van der Waals surface area contributed by atoms with Gasteiger partial charge in [0.15, 0.2) is 0 Å². The molecule has 0 N–H and O–H groups in total. The lowest BCUT2D eigenvalue weighted by Crippen LogP contribution is -2.21. The van der Waals surface area contributed by atoms with Crippen molar-refractivity contribution >= 4 is 27.3 Å². The quantitative estimate of drug-likeness (QED) is 0.791. The summed E-state index contributed by atoms with van der Waals surface area (Å²) in [6, 6.07) is 13.3. The van der Waals surface area contributed by atoms with Gasteiger partial charge in [0.25, 0.3) is 0 Å². The van der Waals surface area contributed by atoms with Gasteiger partial charge in [0, 0.05) is 21.9 Å². The Hall–Kier alpha value is -0.640. The summed E-state index contributed by atoms with van der Waals surface area (Å²) in [6.07, 6.45) is 0. The molecular formula is C14H16BrNS. The Bertz CT molecular complexity index is 450. The minimum Gasteiger partial charge on any atom is -0.295 e. The van der Waals surface area contributed by atoms with Crippen LogP contribution in [0, 0.1) is 0 Å². The average Bonchev–Trinajstić information content (AvgIpc) is 2.84. The second-order valence-electron chi connectivity index (χ2n) is 4.23. The van der Waals surface area contributed by atoms with Gasteiger partial charge in [-0.25, -0.2) is 0 Å². The van der Waals surface area contributed by atoms with Crippen LogP contribution in [-0.4, -0.2) is 11.9 Å². The zero-order valence-electron chi connectivity index (χ0n) is 10.1. The van der Waals surface area contributed by atoms with Crippen molar-refractivity contribution in [3.63, 3.8) is 0 Å². The van der Waals surface area contributed by atoms with Crippen LogP contribution < -0.4 is 0 Å². The Balaban J connectivity index is 2.01. The minimum atomic E-state index is 0.471. The predicted octanol–water partition coefficient (Wildman–Crippen LogP) is 4.70.